The lowest BCUT2D eigenvalue weighted by molar-refractivity contribution is -0.136. The van der Waals surface area contributed by atoms with E-state index in [2.05, 4.69) is 5.18 Å². The summed E-state index contributed by atoms with van der Waals surface area (Å²) >= 11 is 0. The standard InChI is InChI=1S/C13H11NO6/c15-8-3-7(4-12(17)18)13(10(16)5-8)11-2-1-9(20-11)6-14-19/h1-3,5,15-16H,4,6H2,(H,17,18). The summed E-state index contributed by atoms with van der Waals surface area (Å²) in [5.41, 5.74) is 0.373. The van der Waals surface area contributed by atoms with Crippen LogP contribution in [-0.2, 0) is 17.8 Å². The molecule has 1 aromatic carbocycles. The third-order valence-electron chi connectivity index (χ3n) is 2.65. The van der Waals surface area contributed by atoms with E-state index in [0.29, 0.717) is 5.76 Å². The molecule has 0 unspecified atom stereocenters. The molecule has 0 spiro atoms. The normalized spacial score (nSPS) is 10.4. The second kappa shape index (κ2) is 5.43. The zero-order valence-corrected chi connectivity index (χ0v) is 10.2. The van der Waals surface area contributed by atoms with Crippen LogP contribution in [0.4, 0.5) is 0 Å². The Kier molecular flexibility index (Phi) is 3.69. The van der Waals surface area contributed by atoms with Crippen molar-refractivity contribution in [3.05, 3.63) is 40.5 Å². The monoisotopic (exact) mass is 277 g/mol. The summed E-state index contributed by atoms with van der Waals surface area (Å²) in [6, 6.07) is 5.33. The van der Waals surface area contributed by atoms with Gasteiger partial charge in [-0.3, -0.25) is 4.79 Å². The van der Waals surface area contributed by atoms with E-state index < -0.39 is 5.97 Å². The van der Waals surface area contributed by atoms with E-state index in [1.807, 2.05) is 0 Å². The number of benzene rings is 1. The average molecular weight is 277 g/mol. The van der Waals surface area contributed by atoms with Gasteiger partial charge in [-0.25, -0.2) is 0 Å². The van der Waals surface area contributed by atoms with Crippen molar-refractivity contribution < 1.29 is 24.5 Å². The van der Waals surface area contributed by atoms with E-state index >= 15 is 0 Å². The van der Waals surface area contributed by atoms with E-state index in [4.69, 9.17) is 9.52 Å². The van der Waals surface area contributed by atoms with Crippen LogP contribution in [0, 0.1) is 4.91 Å². The molecule has 3 N–H and O–H groups in total. The van der Waals surface area contributed by atoms with Crippen molar-refractivity contribution in [3.63, 3.8) is 0 Å². The lowest BCUT2D eigenvalue weighted by Crippen LogP contribution is -2.01. The van der Waals surface area contributed by atoms with E-state index in [-0.39, 0.29) is 41.4 Å². The minimum absolute atomic E-state index is 0.160. The van der Waals surface area contributed by atoms with Crippen molar-refractivity contribution in [2.75, 3.05) is 0 Å². The van der Waals surface area contributed by atoms with Crippen molar-refractivity contribution in [2.45, 2.75) is 13.0 Å². The molecule has 7 heteroatoms. The van der Waals surface area contributed by atoms with Crippen LogP contribution in [0.2, 0.25) is 0 Å². The molecule has 0 bridgehead atoms. The van der Waals surface area contributed by atoms with Crippen molar-refractivity contribution in [1.29, 1.82) is 0 Å². The molecule has 104 valence electrons. The largest absolute Gasteiger partial charge is 0.508 e. The molecular weight excluding hydrogens is 266 g/mol. The molecule has 1 heterocycles. The SMILES string of the molecule is O=NCc1ccc(-c2c(O)cc(O)cc2CC(=O)O)o1. The number of hydrogen-bond acceptors (Lipinski definition) is 6. The second-order valence-corrected chi connectivity index (χ2v) is 4.12. The van der Waals surface area contributed by atoms with E-state index in [1.165, 1.54) is 18.2 Å². The van der Waals surface area contributed by atoms with Gasteiger partial charge in [-0.05, 0) is 23.8 Å². The number of rotatable bonds is 5. The molecule has 0 atom stereocenters. The van der Waals surface area contributed by atoms with Gasteiger partial charge in [-0.2, -0.15) is 4.91 Å². The maximum Gasteiger partial charge on any atom is 0.307 e. The third kappa shape index (κ3) is 2.77. The number of nitroso groups, excluding NO2 is 1. The van der Waals surface area contributed by atoms with E-state index in [0.717, 1.165) is 6.07 Å². The van der Waals surface area contributed by atoms with Crippen molar-refractivity contribution >= 4 is 5.97 Å². The Morgan fingerprint density at radius 1 is 1.25 bits per heavy atom. The fourth-order valence-corrected chi connectivity index (χ4v) is 1.92. The van der Waals surface area contributed by atoms with Gasteiger partial charge < -0.3 is 19.7 Å². The first-order valence-electron chi connectivity index (χ1n) is 5.66. The van der Waals surface area contributed by atoms with Crippen LogP contribution in [0.5, 0.6) is 11.5 Å². The smallest absolute Gasteiger partial charge is 0.307 e. The van der Waals surface area contributed by atoms with Crippen LogP contribution in [0.3, 0.4) is 0 Å². The van der Waals surface area contributed by atoms with Crippen molar-refractivity contribution in [2.24, 2.45) is 5.18 Å². The number of phenols is 2. The molecule has 0 aliphatic heterocycles. The van der Waals surface area contributed by atoms with Crippen LogP contribution in [-0.4, -0.2) is 21.3 Å². The molecule has 0 saturated carbocycles. The molecule has 0 saturated heterocycles. The number of carbonyl (C=O) groups is 1. The predicted molar refractivity (Wildman–Crippen MR) is 68.3 cm³/mol. The highest BCUT2D eigenvalue weighted by molar-refractivity contribution is 5.78. The number of nitrogens with zero attached hydrogens (tertiary/aromatic N) is 1. The molecular formula is C13H11NO6. The predicted octanol–water partition coefficient (Wildman–Crippen LogP) is 2.25. The third-order valence-corrected chi connectivity index (χ3v) is 2.65. The first-order valence-corrected chi connectivity index (χ1v) is 5.66. The highest BCUT2D eigenvalue weighted by Crippen LogP contribution is 2.37. The molecule has 2 rings (SSSR count). The van der Waals surface area contributed by atoms with Crippen LogP contribution in [0.1, 0.15) is 11.3 Å². The number of carboxylic acid groups (broad SMARTS) is 1. The highest BCUT2D eigenvalue weighted by atomic mass is 16.4. The van der Waals surface area contributed by atoms with Crippen LogP contribution in [0.25, 0.3) is 11.3 Å². The average Bonchev–Trinajstić information content (AvgIpc) is 2.76. The zero-order valence-electron chi connectivity index (χ0n) is 10.2. The second-order valence-electron chi connectivity index (χ2n) is 4.12. The maximum atomic E-state index is 10.8. The van der Waals surface area contributed by atoms with Gasteiger partial charge in [0.1, 0.15) is 29.6 Å². The first kappa shape index (κ1) is 13.6. The molecule has 1 aromatic heterocycles. The van der Waals surface area contributed by atoms with Gasteiger partial charge in [0.05, 0.1) is 12.0 Å². The van der Waals surface area contributed by atoms with Crippen LogP contribution >= 0.6 is 0 Å². The Hall–Kier alpha value is -2.83. The summed E-state index contributed by atoms with van der Waals surface area (Å²) in [6.07, 6.45) is -0.390. The Morgan fingerprint density at radius 3 is 2.65 bits per heavy atom. The molecule has 7 nitrogen and oxygen atoms in total. The molecule has 0 amide bonds. The maximum absolute atomic E-state index is 10.8. The quantitative estimate of drug-likeness (QED) is 0.721. The summed E-state index contributed by atoms with van der Waals surface area (Å²) in [4.78, 5) is 21.0. The van der Waals surface area contributed by atoms with Crippen molar-refractivity contribution in [1.82, 2.24) is 0 Å². The lowest BCUT2D eigenvalue weighted by Gasteiger charge is -2.09. The van der Waals surface area contributed by atoms with Gasteiger partial charge in [0.25, 0.3) is 0 Å². The summed E-state index contributed by atoms with van der Waals surface area (Å²) in [5, 5.41) is 30.8. The Bertz CT molecular complexity index is 661. The van der Waals surface area contributed by atoms with Crippen molar-refractivity contribution in [3.8, 4) is 22.8 Å². The number of furan rings is 1. The highest BCUT2D eigenvalue weighted by Gasteiger charge is 2.18. The van der Waals surface area contributed by atoms with Crippen LogP contribution in [0.15, 0.2) is 33.9 Å². The lowest BCUT2D eigenvalue weighted by atomic mass is 10.0. The van der Waals surface area contributed by atoms with E-state index in [9.17, 15) is 19.9 Å². The summed E-state index contributed by atoms with van der Waals surface area (Å²) in [6.45, 7) is -0.160. The number of carboxylic acids is 1. The Balaban J connectivity index is 2.52. The van der Waals surface area contributed by atoms with Gasteiger partial charge in [-0.15, -0.1) is 0 Å². The molecule has 20 heavy (non-hydrogen) atoms. The Morgan fingerprint density at radius 2 is 2.00 bits per heavy atom. The zero-order chi connectivity index (χ0) is 14.7. The molecule has 2 aromatic rings. The fourth-order valence-electron chi connectivity index (χ4n) is 1.92. The number of aliphatic carboxylic acids is 1. The number of aromatic hydroxyl groups is 2. The summed E-state index contributed by atoms with van der Waals surface area (Å²) in [7, 11) is 0. The fraction of sp³-hybridized carbons (Fsp3) is 0.154. The van der Waals surface area contributed by atoms with Gasteiger partial charge in [0, 0.05) is 6.07 Å². The molecule has 0 aliphatic rings. The Labute approximate surface area is 113 Å². The summed E-state index contributed by atoms with van der Waals surface area (Å²) in [5.74, 6) is -1.16. The van der Waals surface area contributed by atoms with Gasteiger partial charge in [0.2, 0.25) is 0 Å². The number of phenolic OH excluding ortho intramolecular Hbond substituents is 2. The van der Waals surface area contributed by atoms with Gasteiger partial charge in [0.15, 0.2) is 0 Å². The first-order chi connectivity index (χ1) is 9.51. The van der Waals surface area contributed by atoms with E-state index in [1.54, 1.807) is 0 Å². The minimum Gasteiger partial charge on any atom is -0.508 e. The van der Waals surface area contributed by atoms with Crippen LogP contribution < -0.4 is 0 Å². The van der Waals surface area contributed by atoms with Gasteiger partial charge in [-0.1, -0.05) is 5.18 Å². The molecule has 0 fully saturated rings. The molecule has 0 aliphatic carbocycles. The van der Waals surface area contributed by atoms with Gasteiger partial charge >= 0.3 is 5.97 Å². The minimum atomic E-state index is -1.11. The topological polar surface area (TPSA) is 120 Å². The summed E-state index contributed by atoms with van der Waals surface area (Å²) < 4.78 is 5.32. The molecule has 0 radical (unpaired) electrons. The number of hydrogen-bond donors (Lipinski definition) is 3.